The molecule has 1 heterocycles. The number of aryl methyl sites for hydroxylation is 1. The number of fused-ring (bicyclic) bond motifs is 1. The highest BCUT2D eigenvalue weighted by Crippen LogP contribution is 2.38. The standard InChI is InChI=1S/C21H28N6O2/c1-13(12-28-3)24-21-25-17-8-6-5-7-15(19(17)20(26-21)29-4)14-9-10-16(27-22)18(11-14)23-2/h7,9-11,13,22-23H,5-6,8,12H2,1-4H3,(H,24,25,26)/t13-/m1/s1. The van der Waals surface area contributed by atoms with Gasteiger partial charge in [-0.1, -0.05) is 12.1 Å². The molecule has 3 rings (SSSR count). The van der Waals surface area contributed by atoms with Gasteiger partial charge in [-0.15, -0.1) is 0 Å². The van der Waals surface area contributed by atoms with Crippen LogP contribution in [0.3, 0.4) is 0 Å². The maximum atomic E-state index is 7.34. The van der Waals surface area contributed by atoms with E-state index in [9.17, 15) is 0 Å². The summed E-state index contributed by atoms with van der Waals surface area (Å²) in [5.41, 5.74) is 12.7. The molecule has 1 aliphatic rings. The van der Waals surface area contributed by atoms with Gasteiger partial charge in [0.15, 0.2) is 0 Å². The van der Waals surface area contributed by atoms with Crippen LogP contribution in [-0.4, -0.2) is 43.9 Å². The Kier molecular flexibility index (Phi) is 6.77. The van der Waals surface area contributed by atoms with Gasteiger partial charge in [-0.2, -0.15) is 10.1 Å². The molecule has 1 aromatic carbocycles. The second kappa shape index (κ2) is 9.47. The molecule has 0 unspecified atom stereocenters. The largest absolute Gasteiger partial charge is 0.480 e. The number of aromatic nitrogens is 2. The van der Waals surface area contributed by atoms with Crippen LogP contribution >= 0.6 is 0 Å². The number of hydrogen-bond donors (Lipinski definition) is 3. The van der Waals surface area contributed by atoms with Crippen molar-refractivity contribution >= 4 is 22.9 Å². The summed E-state index contributed by atoms with van der Waals surface area (Å²) in [7, 11) is 5.13. The zero-order valence-corrected chi connectivity index (χ0v) is 17.4. The van der Waals surface area contributed by atoms with E-state index in [1.54, 1.807) is 14.2 Å². The number of anilines is 2. The van der Waals surface area contributed by atoms with Gasteiger partial charge >= 0.3 is 0 Å². The average molecular weight is 396 g/mol. The average Bonchev–Trinajstić information content (AvgIpc) is 2.95. The van der Waals surface area contributed by atoms with Crippen LogP contribution in [0, 0.1) is 5.53 Å². The molecule has 0 amide bonds. The van der Waals surface area contributed by atoms with Gasteiger partial charge in [-0.05, 0) is 49.5 Å². The molecule has 0 saturated heterocycles. The minimum Gasteiger partial charge on any atom is -0.480 e. The van der Waals surface area contributed by atoms with Crippen LogP contribution in [0.4, 0.5) is 17.3 Å². The Morgan fingerprint density at radius 1 is 1.28 bits per heavy atom. The van der Waals surface area contributed by atoms with Crippen molar-refractivity contribution in [2.24, 2.45) is 5.11 Å². The second-order valence-electron chi connectivity index (χ2n) is 6.98. The molecule has 8 heteroatoms. The molecule has 1 aliphatic carbocycles. The highest BCUT2D eigenvalue weighted by molar-refractivity contribution is 5.86. The number of benzene rings is 1. The molecule has 29 heavy (non-hydrogen) atoms. The van der Waals surface area contributed by atoms with E-state index < -0.39 is 0 Å². The van der Waals surface area contributed by atoms with E-state index in [-0.39, 0.29) is 6.04 Å². The van der Waals surface area contributed by atoms with Gasteiger partial charge in [0.1, 0.15) is 5.69 Å². The normalized spacial score (nSPS) is 14.3. The molecule has 0 spiro atoms. The van der Waals surface area contributed by atoms with E-state index in [2.05, 4.69) is 26.8 Å². The van der Waals surface area contributed by atoms with E-state index in [4.69, 9.17) is 20.0 Å². The van der Waals surface area contributed by atoms with E-state index >= 15 is 0 Å². The summed E-state index contributed by atoms with van der Waals surface area (Å²) in [5, 5.41) is 9.98. The summed E-state index contributed by atoms with van der Waals surface area (Å²) in [6.45, 7) is 2.59. The molecule has 8 nitrogen and oxygen atoms in total. The minimum absolute atomic E-state index is 0.0860. The van der Waals surface area contributed by atoms with Crippen molar-refractivity contribution in [2.45, 2.75) is 32.2 Å². The fourth-order valence-corrected chi connectivity index (χ4v) is 3.54. The summed E-state index contributed by atoms with van der Waals surface area (Å²) < 4.78 is 10.9. The van der Waals surface area contributed by atoms with Crippen molar-refractivity contribution in [1.82, 2.24) is 9.97 Å². The third-order valence-corrected chi connectivity index (χ3v) is 4.87. The van der Waals surface area contributed by atoms with Crippen LogP contribution in [0.25, 0.3) is 5.57 Å². The van der Waals surface area contributed by atoms with Crippen LogP contribution < -0.4 is 15.4 Å². The Hall–Kier alpha value is -3.00. The molecule has 3 N–H and O–H groups in total. The van der Waals surface area contributed by atoms with Crippen molar-refractivity contribution in [3.8, 4) is 5.88 Å². The lowest BCUT2D eigenvalue weighted by Crippen LogP contribution is -2.23. The minimum atomic E-state index is 0.0860. The Balaban J connectivity index is 2.07. The molecule has 0 saturated carbocycles. The maximum Gasteiger partial charge on any atom is 0.226 e. The van der Waals surface area contributed by atoms with Gasteiger partial charge in [-0.3, -0.25) is 0 Å². The quantitative estimate of drug-likeness (QED) is 0.571. The topological polar surface area (TPSA) is 105 Å². The number of hydrogen-bond acceptors (Lipinski definition) is 8. The zero-order chi connectivity index (χ0) is 20.8. The first-order chi connectivity index (χ1) is 14.1. The smallest absolute Gasteiger partial charge is 0.226 e. The first kappa shape index (κ1) is 20.7. The maximum absolute atomic E-state index is 7.34. The first-order valence-corrected chi connectivity index (χ1v) is 9.71. The number of nitrogens with zero attached hydrogens (tertiary/aromatic N) is 3. The third-order valence-electron chi connectivity index (χ3n) is 4.87. The van der Waals surface area contributed by atoms with Crippen LogP contribution in [-0.2, 0) is 11.2 Å². The predicted octanol–water partition coefficient (Wildman–Crippen LogP) is 4.40. The van der Waals surface area contributed by atoms with Crippen molar-refractivity contribution in [3.05, 3.63) is 41.1 Å². The molecule has 154 valence electrons. The van der Waals surface area contributed by atoms with Gasteiger partial charge in [0, 0.05) is 20.2 Å². The van der Waals surface area contributed by atoms with Crippen LogP contribution in [0.1, 0.15) is 36.6 Å². The monoisotopic (exact) mass is 396 g/mol. The van der Waals surface area contributed by atoms with Crippen LogP contribution in [0.5, 0.6) is 5.88 Å². The van der Waals surface area contributed by atoms with Gasteiger partial charge in [-0.25, -0.2) is 10.5 Å². The molecule has 0 fully saturated rings. The number of nitrogens with one attached hydrogen (secondary N) is 3. The molecule has 1 aromatic heterocycles. The lowest BCUT2D eigenvalue weighted by Gasteiger charge is -2.18. The molecular formula is C21H28N6O2. The van der Waals surface area contributed by atoms with Gasteiger partial charge in [0.2, 0.25) is 11.8 Å². The van der Waals surface area contributed by atoms with Gasteiger partial charge < -0.3 is 20.1 Å². The molecular weight excluding hydrogens is 368 g/mol. The number of rotatable bonds is 8. The Morgan fingerprint density at radius 2 is 2.10 bits per heavy atom. The number of methoxy groups -OCH3 is 2. The molecule has 1 atom stereocenters. The molecule has 0 radical (unpaired) electrons. The van der Waals surface area contributed by atoms with E-state index in [1.165, 1.54) is 0 Å². The van der Waals surface area contributed by atoms with E-state index in [0.717, 1.165) is 47.3 Å². The Morgan fingerprint density at radius 3 is 2.79 bits per heavy atom. The zero-order valence-electron chi connectivity index (χ0n) is 17.4. The van der Waals surface area contributed by atoms with Crippen LogP contribution in [0.15, 0.2) is 29.4 Å². The third kappa shape index (κ3) is 4.54. The SMILES string of the molecule is CNc1cc(C2=CCCCc3nc(N[C@H](C)COC)nc(OC)c32)ccc1N=N. The summed E-state index contributed by atoms with van der Waals surface area (Å²) in [5.74, 6) is 1.10. The van der Waals surface area contributed by atoms with Crippen molar-refractivity contribution in [2.75, 3.05) is 38.5 Å². The molecule has 0 bridgehead atoms. The number of allylic oxidation sites excluding steroid dienone is 1. The molecule has 0 aliphatic heterocycles. The van der Waals surface area contributed by atoms with E-state index in [1.807, 2.05) is 32.2 Å². The Bertz CT molecular complexity index is 912. The highest BCUT2D eigenvalue weighted by Gasteiger charge is 2.23. The van der Waals surface area contributed by atoms with Crippen molar-refractivity contribution in [1.29, 1.82) is 5.53 Å². The van der Waals surface area contributed by atoms with Crippen molar-refractivity contribution < 1.29 is 9.47 Å². The van der Waals surface area contributed by atoms with Crippen LogP contribution in [0.2, 0.25) is 0 Å². The fourth-order valence-electron chi connectivity index (χ4n) is 3.54. The summed E-state index contributed by atoms with van der Waals surface area (Å²) in [4.78, 5) is 9.41. The predicted molar refractivity (Wildman–Crippen MR) is 114 cm³/mol. The van der Waals surface area contributed by atoms with Gasteiger partial charge in [0.05, 0.1) is 30.7 Å². The summed E-state index contributed by atoms with van der Waals surface area (Å²) in [6, 6.07) is 5.90. The molecule has 2 aromatic rings. The lowest BCUT2D eigenvalue weighted by atomic mass is 9.96. The lowest BCUT2D eigenvalue weighted by molar-refractivity contribution is 0.190. The Labute approximate surface area is 171 Å². The fraction of sp³-hybridized carbons (Fsp3) is 0.429. The highest BCUT2D eigenvalue weighted by atomic mass is 16.5. The summed E-state index contributed by atoms with van der Waals surface area (Å²) in [6.07, 6.45) is 5.01. The summed E-state index contributed by atoms with van der Waals surface area (Å²) >= 11 is 0. The van der Waals surface area contributed by atoms with Crippen molar-refractivity contribution in [3.63, 3.8) is 0 Å². The number of ether oxygens (including phenoxy) is 2. The first-order valence-electron chi connectivity index (χ1n) is 9.71. The van der Waals surface area contributed by atoms with Gasteiger partial charge in [0.25, 0.3) is 0 Å². The van der Waals surface area contributed by atoms with E-state index in [0.29, 0.717) is 24.1 Å². The second-order valence-corrected chi connectivity index (χ2v) is 6.98.